The lowest BCUT2D eigenvalue weighted by Crippen LogP contribution is -2.46. The van der Waals surface area contributed by atoms with Gasteiger partial charge in [-0.15, -0.1) is 0 Å². The van der Waals surface area contributed by atoms with Crippen LogP contribution in [-0.2, 0) is 0 Å². The van der Waals surface area contributed by atoms with Gasteiger partial charge in [0.1, 0.15) is 5.69 Å². The van der Waals surface area contributed by atoms with Crippen molar-refractivity contribution in [3.8, 4) is 0 Å². The lowest BCUT2D eigenvalue weighted by atomic mass is 9.80. The molecule has 0 unspecified atom stereocenters. The molecule has 1 aliphatic rings. The van der Waals surface area contributed by atoms with Crippen molar-refractivity contribution in [2.24, 2.45) is 11.1 Å². The molecule has 96 valence electrons. The second kappa shape index (κ2) is 5.02. The van der Waals surface area contributed by atoms with E-state index in [0.29, 0.717) is 23.8 Å². The third kappa shape index (κ3) is 2.51. The fourth-order valence-corrected chi connectivity index (χ4v) is 2.31. The number of hydrogen-bond donors (Lipinski definition) is 1. The van der Waals surface area contributed by atoms with Crippen LogP contribution in [0.15, 0.2) is 24.4 Å². The summed E-state index contributed by atoms with van der Waals surface area (Å²) in [4.78, 5) is 18.6. The van der Waals surface area contributed by atoms with Crippen LogP contribution in [0.2, 0.25) is 0 Å². The molecule has 2 rings (SSSR count). The van der Waals surface area contributed by atoms with Gasteiger partial charge in [-0.1, -0.05) is 25.2 Å². The Morgan fingerprint density at radius 3 is 2.61 bits per heavy atom. The second-order valence-corrected chi connectivity index (χ2v) is 5.37. The highest BCUT2D eigenvalue weighted by Crippen LogP contribution is 2.31. The van der Waals surface area contributed by atoms with Gasteiger partial charge in [-0.2, -0.15) is 0 Å². The van der Waals surface area contributed by atoms with Crippen LogP contribution < -0.4 is 5.73 Å². The SMILES string of the molecule is CC1(C(N)=S)CCN(C(=O)c2ccccn2)CC1. The maximum absolute atomic E-state index is 12.2. The molecule has 4 nitrogen and oxygen atoms in total. The summed E-state index contributed by atoms with van der Waals surface area (Å²) in [5.41, 5.74) is 6.13. The molecule has 1 fully saturated rings. The number of rotatable bonds is 2. The molecule has 5 heteroatoms. The molecule has 2 N–H and O–H groups in total. The van der Waals surface area contributed by atoms with Crippen molar-refractivity contribution in [1.82, 2.24) is 9.88 Å². The van der Waals surface area contributed by atoms with E-state index in [4.69, 9.17) is 18.0 Å². The summed E-state index contributed by atoms with van der Waals surface area (Å²) >= 11 is 5.09. The van der Waals surface area contributed by atoms with Gasteiger partial charge in [0.05, 0.1) is 4.99 Å². The zero-order valence-corrected chi connectivity index (χ0v) is 11.2. The summed E-state index contributed by atoms with van der Waals surface area (Å²) < 4.78 is 0. The third-order valence-electron chi connectivity index (χ3n) is 3.63. The average molecular weight is 263 g/mol. The summed E-state index contributed by atoms with van der Waals surface area (Å²) in [6, 6.07) is 5.36. The van der Waals surface area contributed by atoms with Crippen molar-refractivity contribution in [2.75, 3.05) is 13.1 Å². The molecular formula is C13H17N3OS. The Hall–Kier alpha value is -1.49. The molecule has 18 heavy (non-hydrogen) atoms. The van der Waals surface area contributed by atoms with Crippen molar-refractivity contribution in [3.63, 3.8) is 0 Å². The van der Waals surface area contributed by atoms with Crippen molar-refractivity contribution < 1.29 is 4.79 Å². The Morgan fingerprint density at radius 1 is 1.44 bits per heavy atom. The number of pyridine rings is 1. The summed E-state index contributed by atoms with van der Waals surface area (Å²) in [5.74, 6) is -0.0133. The molecule has 1 aromatic rings. The number of aromatic nitrogens is 1. The fraction of sp³-hybridized carbons (Fsp3) is 0.462. The maximum atomic E-state index is 12.2. The van der Waals surface area contributed by atoms with Crippen LogP contribution in [0.4, 0.5) is 0 Å². The first-order chi connectivity index (χ1) is 8.53. The van der Waals surface area contributed by atoms with E-state index in [1.54, 1.807) is 18.3 Å². The van der Waals surface area contributed by atoms with E-state index in [1.807, 2.05) is 11.0 Å². The highest BCUT2D eigenvalue weighted by Gasteiger charge is 2.34. The van der Waals surface area contributed by atoms with Gasteiger partial charge in [0.25, 0.3) is 5.91 Å². The third-order valence-corrected chi connectivity index (χ3v) is 4.13. The Labute approximate surface area is 112 Å². The molecule has 0 bridgehead atoms. The zero-order valence-electron chi connectivity index (χ0n) is 10.4. The van der Waals surface area contributed by atoms with E-state index >= 15 is 0 Å². The lowest BCUT2D eigenvalue weighted by Gasteiger charge is -2.38. The van der Waals surface area contributed by atoms with Gasteiger partial charge in [0.2, 0.25) is 0 Å². The molecule has 0 aromatic carbocycles. The number of nitrogens with two attached hydrogens (primary N) is 1. The molecule has 0 spiro atoms. The van der Waals surface area contributed by atoms with E-state index in [2.05, 4.69) is 11.9 Å². The quantitative estimate of drug-likeness (QED) is 0.824. The molecule has 0 saturated carbocycles. The van der Waals surface area contributed by atoms with Gasteiger partial charge in [-0.05, 0) is 25.0 Å². The number of piperidine rings is 1. The number of carbonyl (C=O) groups excluding carboxylic acids is 1. The van der Waals surface area contributed by atoms with Crippen LogP contribution in [0.5, 0.6) is 0 Å². The van der Waals surface area contributed by atoms with Gasteiger partial charge in [-0.3, -0.25) is 9.78 Å². The number of hydrogen-bond acceptors (Lipinski definition) is 3. The van der Waals surface area contributed by atoms with Gasteiger partial charge in [-0.25, -0.2) is 0 Å². The number of nitrogens with zero attached hydrogens (tertiary/aromatic N) is 2. The van der Waals surface area contributed by atoms with Gasteiger partial charge >= 0.3 is 0 Å². The predicted octanol–water partition coefficient (Wildman–Crippen LogP) is 1.61. The molecule has 0 aliphatic carbocycles. The summed E-state index contributed by atoms with van der Waals surface area (Å²) in [7, 11) is 0. The molecule has 0 radical (unpaired) electrons. The Balaban J connectivity index is 2.03. The summed E-state index contributed by atoms with van der Waals surface area (Å²) in [5, 5.41) is 0. The minimum absolute atomic E-state index is 0.0133. The summed E-state index contributed by atoms with van der Waals surface area (Å²) in [6.07, 6.45) is 3.28. The monoisotopic (exact) mass is 263 g/mol. The number of likely N-dealkylation sites (tertiary alicyclic amines) is 1. The maximum Gasteiger partial charge on any atom is 0.272 e. The zero-order chi connectivity index (χ0) is 13.2. The number of thiocarbonyl (C=S) groups is 1. The normalized spacial score (nSPS) is 18.4. The Morgan fingerprint density at radius 2 is 2.11 bits per heavy atom. The highest BCUT2D eigenvalue weighted by atomic mass is 32.1. The number of carbonyl (C=O) groups is 1. The molecule has 0 atom stereocenters. The molecule has 1 amide bonds. The molecular weight excluding hydrogens is 246 g/mol. The topological polar surface area (TPSA) is 59.2 Å². The fourth-order valence-electron chi connectivity index (χ4n) is 2.10. The minimum Gasteiger partial charge on any atom is -0.393 e. The van der Waals surface area contributed by atoms with E-state index in [0.717, 1.165) is 12.8 Å². The van der Waals surface area contributed by atoms with Crippen molar-refractivity contribution in [1.29, 1.82) is 0 Å². The van der Waals surface area contributed by atoms with Crippen molar-refractivity contribution in [2.45, 2.75) is 19.8 Å². The Bertz CT molecular complexity index is 453. The van der Waals surface area contributed by atoms with Crippen LogP contribution in [0.25, 0.3) is 0 Å². The van der Waals surface area contributed by atoms with Crippen LogP contribution in [0, 0.1) is 5.41 Å². The lowest BCUT2D eigenvalue weighted by molar-refractivity contribution is 0.0664. The van der Waals surface area contributed by atoms with E-state index in [-0.39, 0.29) is 11.3 Å². The summed E-state index contributed by atoms with van der Waals surface area (Å²) in [6.45, 7) is 3.43. The highest BCUT2D eigenvalue weighted by molar-refractivity contribution is 7.80. The first-order valence-corrected chi connectivity index (χ1v) is 6.44. The molecule has 1 aliphatic heterocycles. The molecule has 2 heterocycles. The first kappa shape index (κ1) is 13.0. The second-order valence-electron chi connectivity index (χ2n) is 4.93. The standard InChI is InChI=1S/C13H17N3OS/c1-13(12(14)18)5-8-16(9-6-13)11(17)10-4-2-3-7-15-10/h2-4,7H,5-6,8-9H2,1H3,(H2,14,18). The smallest absolute Gasteiger partial charge is 0.272 e. The molecule has 1 aromatic heterocycles. The minimum atomic E-state index is -0.115. The van der Waals surface area contributed by atoms with Crippen LogP contribution >= 0.6 is 12.2 Å². The Kier molecular flexibility index (Phi) is 3.61. The van der Waals surface area contributed by atoms with E-state index in [1.165, 1.54) is 0 Å². The molecule has 1 saturated heterocycles. The number of amides is 1. The van der Waals surface area contributed by atoms with Crippen LogP contribution in [0.1, 0.15) is 30.3 Å². The van der Waals surface area contributed by atoms with E-state index in [9.17, 15) is 4.79 Å². The largest absolute Gasteiger partial charge is 0.393 e. The van der Waals surface area contributed by atoms with Gasteiger partial charge in [0, 0.05) is 24.7 Å². The predicted molar refractivity (Wildman–Crippen MR) is 74.3 cm³/mol. The van der Waals surface area contributed by atoms with Gasteiger partial charge in [0.15, 0.2) is 0 Å². The van der Waals surface area contributed by atoms with Crippen molar-refractivity contribution >= 4 is 23.1 Å². The van der Waals surface area contributed by atoms with Crippen LogP contribution in [0.3, 0.4) is 0 Å². The average Bonchev–Trinajstić information content (AvgIpc) is 2.40. The first-order valence-electron chi connectivity index (χ1n) is 6.03. The van der Waals surface area contributed by atoms with Gasteiger partial charge < -0.3 is 10.6 Å². The van der Waals surface area contributed by atoms with E-state index < -0.39 is 0 Å². The van der Waals surface area contributed by atoms with Crippen molar-refractivity contribution in [3.05, 3.63) is 30.1 Å². The van der Waals surface area contributed by atoms with Crippen LogP contribution in [-0.4, -0.2) is 33.9 Å².